The Morgan fingerprint density at radius 2 is 2.00 bits per heavy atom. The fourth-order valence-corrected chi connectivity index (χ4v) is 2.58. The van der Waals surface area contributed by atoms with E-state index in [1.807, 2.05) is 0 Å². The second-order valence-electron chi connectivity index (χ2n) is 4.55. The molecule has 0 saturated heterocycles. The van der Waals surface area contributed by atoms with Crippen LogP contribution < -0.4 is 0 Å². The number of para-hydroxylation sites is 1. The first-order chi connectivity index (χ1) is 8.22. The fraction of sp³-hybridized carbons (Fsp3) is 0.429. The molecule has 0 atom stereocenters. The highest BCUT2D eigenvalue weighted by atomic mass is 32.1. The number of likely N-dealkylation sites (N-methyl/N-ethyl adjacent to an activating group) is 1. The zero-order valence-electron chi connectivity index (χ0n) is 10.5. The Hall–Kier alpha value is -0.930. The molecule has 0 amide bonds. The molecule has 2 nitrogen and oxygen atoms in total. The van der Waals surface area contributed by atoms with Crippen LogP contribution in [0.1, 0.15) is 11.3 Å². The lowest BCUT2D eigenvalue weighted by Gasteiger charge is -2.14. The number of nitrogens with one attached hydrogen (secondary N) is 1. The number of rotatable bonds is 5. The molecular formula is C14H20N2S. The molecule has 17 heavy (non-hydrogen) atoms. The molecule has 2 aromatic rings. The van der Waals surface area contributed by atoms with Gasteiger partial charge in [-0.1, -0.05) is 18.2 Å². The zero-order chi connectivity index (χ0) is 12.3. The molecular weight excluding hydrogens is 228 g/mol. The summed E-state index contributed by atoms with van der Waals surface area (Å²) >= 11 is 4.26. The number of aryl methyl sites for hydroxylation is 1. The van der Waals surface area contributed by atoms with Gasteiger partial charge in [0.2, 0.25) is 0 Å². The van der Waals surface area contributed by atoms with E-state index in [2.05, 4.69) is 60.7 Å². The fourth-order valence-electron chi connectivity index (χ4n) is 2.24. The van der Waals surface area contributed by atoms with Crippen molar-refractivity contribution in [3.8, 4) is 0 Å². The third kappa shape index (κ3) is 2.85. The Kier molecular flexibility index (Phi) is 4.13. The first kappa shape index (κ1) is 12.5. The molecule has 1 aromatic carbocycles. The molecule has 92 valence electrons. The number of hydrogen-bond donors (Lipinski definition) is 2. The van der Waals surface area contributed by atoms with Gasteiger partial charge in [0.25, 0.3) is 0 Å². The smallest absolute Gasteiger partial charge is 0.0458 e. The van der Waals surface area contributed by atoms with Crippen LogP contribution in [0.5, 0.6) is 0 Å². The Labute approximate surface area is 108 Å². The van der Waals surface area contributed by atoms with Crippen LogP contribution in [0.25, 0.3) is 10.9 Å². The molecule has 0 spiro atoms. The normalized spacial score (nSPS) is 11.5. The minimum atomic E-state index is 0.920. The number of thiol groups is 1. The molecule has 2 rings (SSSR count). The number of nitrogens with zero attached hydrogens (tertiary/aromatic N) is 1. The second-order valence-corrected chi connectivity index (χ2v) is 5.00. The van der Waals surface area contributed by atoms with E-state index in [-0.39, 0.29) is 0 Å². The summed E-state index contributed by atoms with van der Waals surface area (Å²) in [6.07, 6.45) is 1.10. The quantitative estimate of drug-likeness (QED) is 0.779. The maximum absolute atomic E-state index is 4.26. The molecule has 0 fully saturated rings. The Bertz CT molecular complexity index is 490. The SMILES string of the molecule is Cc1[nH]c2ccccc2c1CCN(C)CCS. The third-order valence-electron chi connectivity index (χ3n) is 3.25. The predicted molar refractivity (Wildman–Crippen MR) is 78.1 cm³/mol. The first-order valence-corrected chi connectivity index (χ1v) is 6.71. The summed E-state index contributed by atoms with van der Waals surface area (Å²) in [5, 5.41) is 1.37. The molecule has 1 N–H and O–H groups in total. The van der Waals surface area contributed by atoms with Gasteiger partial charge in [-0.2, -0.15) is 12.6 Å². The van der Waals surface area contributed by atoms with Crippen molar-refractivity contribution < 1.29 is 0 Å². The van der Waals surface area contributed by atoms with E-state index >= 15 is 0 Å². The topological polar surface area (TPSA) is 19.0 Å². The first-order valence-electron chi connectivity index (χ1n) is 6.08. The highest BCUT2D eigenvalue weighted by molar-refractivity contribution is 7.80. The van der Waals surface area contributed by atoms with Gasteiger partial charge in [0, 0.05) is 35.4 Å². The maximum Gasteiger partial charge on any atom is 0.0458 e. The van der Waals surface area contributed by atoms with E-state index in [0.717, 1.165) is 25.3 Å². The molecule has 0 aliphatic rings. The summed E-state index contributed by atoms with van der Waals surface area (Å²) < 4.78 is 0. The van der Waals surface area contributed by atoms with Crippen molar-refractivity contribution in [2.75, 3.05) is 25.9 Å². The summed E-state index contributed by atoms with van der Waals surface area (Å²) in [6.45, 7) is 4.29. The van der Waals surface area contributed by atoms with Crippen molar-refractivity contribution in [2.45, 2.75) is 13.3 Å². The van der Waals surface area contributed by atoms with Crippen molar-refractivity contribution in [1.29, 1.82) is 0 Å². The molecule has 0 saturated carbocycles. The van der Waals surface area contributed by atoms with Gasteiger partial charge in [-0.15, -0.1) is 0 Å². The van der Waals surface area contributed by atoms with Gasteiger partial charge in [0.15, 0.2) is 0 Å². The van der Waals surface area contributed by atoms with Crippen LogP contribution in [0.3, 0.4) is 0 Å². The average molecular weight is 248 g/mol. The average Bonchev–Trinajstić information content (AvgIpc) is 2.62. The van der Waals surface area contributed by atoms with E-state index < -0.39 is 0 Å². The minimum absolute atomic E-state index is 0.920. The standard InChI is InChI=1S/C14H20N2S/c1-11-12(7-8-16(2)9-10-17)13-5-3-4-6-14(13)15-11/h3-6,15,17H,7-10H2,1-2H3. The molecule has 0 aliphatic heterocycles. The highest BCUT2D eigenvalue weighted by Gasteiger charge is 2.08. The van der Waals surface area contributed by atoms with Crippen molar-refractivity contribution in [3.05, 3.63) is 35.5 Å². The Morgan fingerprint density at radius 3 is 2.76 bits per heavy atom. The Balaban J connectivity index is 2.15. The third-order valence-corrected chi connectivity index (χ3v) is 3.45. The number of hydrogen-bond acceptors (Lipinski definition) is 2. The summed E-state index contributed by atoms with van der Waals surface area (Å²) in [5.74, 6) is 0.920. The molecule has 1 aromatic heterocycles. The number of aromatic nitrogens is 1. The van der Waals surface area contributed by atoms with Gasteiger partial charge >= 0.3 is 0 Å². The molecule has 3 heteroatoms. The van der Waals surface area contributed by atoms with E-state index in [1.54, 1.807) is 0 Å². The van der Waals surface area contributed by atoms with Crippen LogP contribution in [0.4, 0.5) is 0 Å². The summed E-state index contributed by atoms with van der Waals surface area (Å²) in [5.41, 5.74) is 3.99. The van der Waals surface area contributed by atoms with E-state index in [1.165, 1.54) is 22.2 Å². The van der Waals surface area contributed by atoms with Crippen molar-refractivity contribution >= 4 is 23.5 Å². The van der Waals surface area contributed by atoms with E-state index in [4.69, 9.17) is 0 Å². The maximum atomic E-state index is 4.26. The van der Waals surface area contributed by atoms with Crippen molar-refractivity contribution in [3.63, 3.8) is 0 Å². The lowest BCUT2D eigenvalue weighted by molar-refractivity contribution is 0.361. The number of benzene rings is 1. The molecule has 1 heterocycles. The predicted octanol–water partition coefficient (Wildman–Crippen LogP) is 2.88. The lowest BCUT2D eigenvalue weighted by atomic mass is 10.1. The van der Waals surface area contributed by atoms with Gasteiger partial charge in [0.1, 0.15) is 0 Å². The summed E-state index contributed by atoms with van der Waals surface area (Å²) in [6, 6.07) is 8.53. The van der Waals surface area contributed by atoms with Crippen LogP contribution in [-0.4, -0.2) is 35.8 Å². The van der Waals surface area contributed by atoms with E-state index in [0.29, 0.717) is 0 Å². The monoisotopic (exact) mass is 248 g/mol. The van der Waals surface area contributed by atoms with Crippen LogP contribution in [0.2, 0.25) is 0 Å². The number of H-pyrrole nitrogens is 1. The van der Waals surface area contributed by atoms with Crippen LogP contribution >= 0.6 is 12.6 Å². The summed E-state index contributed by atoms with van der Waals surface area (Å²) in [4.78, 5) is 5.78. The van der Waals surface area contributed by atoms with Gasteiger partial charge in [-0.05, 0) is 32.0 Å². The second kappa shape index (κ2) is 5.61. The van der Waals surface area contributed by atoms with Gasteiger partial charge < -0.3 is 9.88 Å². The molecule has 0 unspecified atom stereocenters. The largest absolute Gasteiger partial charge is 0.358 e. The highest BCUT2D eigenvalue weighted by Crippen LogP contribution is 2.22. The van der Waals surface area contributed by atoms with Crippen LogP contribution in [0, 0.1) is 6.92 Å². The minimum Gasteiger partial charge on any atom is -0.358 e. The van der Waals surface area contributed by atoms with Gasteiger partial charge in [0.05, 0.1) is 0 Å². The summed E-state index contributed by atoms with van der Waals surface area (Å²) in [7, 11) is 2.15. The van der Waals surface area contributed by atoms with Crippen LogP contribution in [-0.2, 0) is 6.42 Å². The van der Waals surface area contributed by atoms with Crippen molar-refractivity contribution in [1.82, 2.24) is 9.88 Å². The van der Waals surface area contributed by atoms with Crippen molar-refractivity contribution in [2.24, 2.45) is 0 Å². The van der Waals surface area contributed by atoms with Gasteiger partial charge in [-0.25, -0.2) is 0 Å². The molecule has 0 bridgehead atoms. The van der Waals surface area contributed by atoms with E-state index in [9.17, 15) is 0 Å². The molecule has 0 aliphatic carbocycles. The Morgan fingerprint density at radius 1 is 1.24 bits per heavy atom. The number of aromatic amines is 1. The van der Waals surface area contributed by atoms with Crippen LogP contribution in [0.15, 0.2) is 24.3 Å². The molecule has 0 radical (unpaired) electrons. The van der Waals surface area contributed by atoms with Gasteiger partial charge in [-0.3, -0.25) is 0 Å². The lowest BCUT2D eigenvalue weighted by Crippen LogP contribution is -2.23. The number of fused-ring (bicyclic) bond motifs is 1. The zero-order valence-corrected chi connectivity index (χ0v) is 11.4.